The normalized spacial score (nSPS) is 11.0. The Bertz CT molecular complexity index is 1620. The van der Waals surface area contributed by atoms with Gasteiger partial charge in [0.2, 0.25) is 0 Å². The van der Waals surface area contributed by atoms with Gasteiger partial charge in [-0.1, -0.05) is 81.6 Å². The van der Waals surface area contributed by atoms with Crippen molar-refractivity contribution in [2.45, 2.75) is 0 Å². The average Bonchev–Trinajstić information content (AvgIpc) is 2.94. The minimum Gasteiger partial charge on any atom is -0.423 e. The van der Waals surface area contributed by atoms with E-state index in [1.807, 2.05) is 30.3 Å². The van der Waals surface area contributed by atoms with E-state index in [1.165, 1.54) is 30.5 Å². The highest BCUT2D eigenvalue weighted by Crippen LogP contribution is 2.24. The number of hydrogen-bond donors (Lipinski definition) is 2. The molecular formula is C30H20BrCl2N3O4. The number of nitrogens with one attached hydrogen (secondary N) is 2. The standard InChI is InChI=1S/C30H20BrCl2N3O4/c31-21-11-14-27(40-28(37)15-10-19-6-2-1-3-7-19)20(16-21)18-34-36-30(39)24-8-4-5-9-26(24)35-29(38)23-13-12-22(32)17-25(23)33/h1-18H,(H,35,38)(H,36,39)/b15-10+,34-18-. The Morgan fingerprint density at radius 3 is 2.35 bits per heavy atom. The van der Waals surface area contributed by atoms with Crippen LogP contribution in [0, 0.1) is 0 Å². The van der Waals surface area contributed by atoms with E-state index in [0.717, 1.165) is 5.56 Å². The van der Waals surface area contributed by atoms with E-state index >= 15 is 0 Å². The fraction of sp³-hybridized carbons (Fsp3) is 0. The summed E-state index contributed by atoms with van der Waals surface area (Å²) in [6, 6.07) is 25.3. The summed E-state index contributed by atoms with van der Waals surface area (Å²) >= 11 is 15.4. The predicted octanol–water partition coefficient (Wildman–Crippen LogP) is 7.39. The largest absolute Gasteiger partial charge is 0.423 e. The van der Waals surface area contributed by atoms with E-state index in [0.29, 0.717) is 15.1 Å². The summed E-state index contributed by atoms with van der Waals surface area (Å²) in [5, 5.41) is 7.28. The van der Waals surface area contributed by atoms with Gasteiger partial charge in [0.05, 0.1) is 28.1 Å². The van der Waals surface area contributed by atoms with Crippen molar-refractivity contribution in [2.24, 2.45) is 5.10 Å². The third kappa shape index (κ3) is 7.89. The quantitative estimate of drug-likeness (QED) is 0.0693. The molecule has 0 bridgehead atoms. The van der Waals surface area contributed by atoms with E-state index in [2.05, 4.69) is 31.8 Å². The smallest absolute Gasteiger partial charge is 0.336 e. The fourth-order valence-electron chi connectivity index (χ4n) is 3.46. The molecule has 0 atom stereocenters. The number of halogens is 3. The number of hydrazone groups is 1. The van der Waals surface area contributed by atoms with Gasteiger partial charge in [0.25, 0.3) is 11.8 Å². The van der Waals surface area contributed by atoms with Crippen molar-refractivity contribution in [3.8, 4) is 5.75 Å². The van der Waals surface area contributed by atoms with Crippen molar-refractivity contribution >= 4 is 74.9 Å². The van der Waals surface area contributed by atoms with Gasteiger partial charge in [0.1, 0.15) is 5.75 Å². The fourth-order valence-corrected chi connectivity index (χ4v) is 4.33. The monoisotopic (exact) mass is 635 g/mol. The zero-order valence-corrected chi connectivity index (χ0v) is 23.7. The van der Waals surface area contributed by atoms with Crippen LogP contribution in [0.4, 0.5) is 5.69 Å². The Kier molecular flexibility index (Phi) is 9.86. The first-order valence-corrected chi connectivity index (χ1v) is 13.3. The lowest BCUT2D eigenvalue weighted by molar-refractivity contribution is -0.128. The molecule has 4 aromatic carbocycles. The molecule has 0 saturated heterocycles. The average molecular weight is 637 g/mol. The summed E-state index contributed by atoms with van der Waals surface area (Å²) in [5.74, 6) is -1.41. The number of esters is 1. The minimum absolute atomic E-state index is 0.171. The number of carbonyl (C=O) groups is 3. The number of hydrogen-bond acceptors (Lipinski definition) is 5. The van der Waals surface area contributed by atoms with Gasteiger partial charge in [0, 0.05) is 21.1 Å². The topological polar surface area (TPSA) is 96.9 Å². The van der Waals surface area contributed by atoms with Crippen LogP contribution in [0.2, 0.25) is 10.0 Å². The maximum absolute atomic E-state index is 12.9. The van der Waals surface area contributed by atoms with E-state index < -0.39 is 17.8 Å². The van der Waals surface area contributed by atoms with Gasteiger partial charge in [-0.25, -0.2) is 10.2 Å². The first-order chi connectivity index (χ1) is 19.3. The summed E-state index contributed by atoms with van der Waals surface area (Å²) in [6.07, 6.45) is 4.32. The van der Waals surface area contributed by atoms with Crippen molar-refractivity contribution in [2.75, 3.05) is 5.32 Å². The summed E-state index contributed by atoms with van der Waals surface area (Å²) in [4.78, 5) is 38.0. The third-order valence-electron chi connectivity index (χ3n) is 5.36. The van der Waals surface area contributed by atoms with Crippen LogP contribution < -0.4 is 15.5 Å². The number of amides is 2. The van der Waals surface area contributed by atoms with E-state index in [9.17, 15) is 14.4 Å². The molecule has 10 heteroatoms. The Morgan fingerprint density at radius 2 is 1.57 bits per heavy atom. The third-order valence-corrected chi connectivity index (χ3v) is 6.40. The molecule has 0 aromatic heterocycles. The van der Waals surface area contributed by atoms with Crippen molar-refractivity contribution < 1.29 is 19.1 Å². The van der Waals surface area contributed by atoms with E-state index in [1.54, 1.807) is 48.5 Å². The van der Waals surface area contributed by atoms with Gasteiger partial charge in [0.15, 0.2) is 0 Å². The summed E-state index contributed by atoms with van der Waals surface area (Å²) in [5.41, 5.74) is 4.36. The van der Waals surface area contributed by atoms with Crippen molar-refractivity contribution in [1.82, 2.24) is 5.43 Å². The summed E-state index contributed by atoms with van der Waals surface area (Å²) < 4.78 is 6.19. The molecule has 4 rings (SSSR count). The molecule has 0 aliphatic carbocycles. The predicted molar refractivity (Wildman–Crippen MR) is 161 cm³/mol. The minimum atomic E-state index is -0.575. The molecule has 4 aromatic rings. The molecule has 0 fully saturated rings. The zero-order chi connectivity index (χ0) is 28.5. The van der Waals surface area contributed by atoms with Gasteiger partial charge in [-0.3, -0.25) is 9.59 Å². The molecule has 200 valence electrons. The molecule has 2 amide bonds. The van der Waals surface area contributed by atoms with E-state index in [4.69, 9.17) is 27.9 Å². The SMILES string of the molecule is O=C(/C=C/c1ccccc1)Oc1ccc(Br)cc1/C=N\NC(=O)c1ccccc1NC(=O)c1ccc(Cl)cc1Cl. The number of nitrogens with zero attached hydrogens (tertiary/aromatic N) is 1. The van der Waals surface area contributed by atoms with Crippen LogP contribution >= 0.6 is 39.1 Å². The molecule has 7 nitrogen and oxygen atoms in total. The van der Waals surface area contributed by atoms with Gasteiger partial charge < -0.3 is 10.1 Å². The van der Waals surface area contributed by atoms with Crippen LogP contribution in [0.5, 0.6) is 5.75 Å². The molecule has 0 aliphatic heterocycles. The second kappa shape index (κ2) is 13.7. The number of rotatable bonds is 8. The van der Waals surface area contributed by atoms with Crippen molar-refractivity contribution in [3.05, 3.63) is 134 Å². The lowest BCUT2D eigenvalue weighted by Crippen LogP contribution is -2.21. The van der Waals surface area contributed by atoms with Crippen molar-refractivity contribution in [3.63, 3.8) is 0 Å². The number of para-hydroxylation sites is 1. The number of carbonyl (C=O) groups excluding carboxylic acids is 3. The first kappa shape index (κ1) is 28.8. The molecule has 2 N–H and O–H groups in total. The van der Waals surface area contributed by atoms with Gasteiger partial charge in [-0.05, 0) is 60.2 Å². The number of benzene rings is 4. The Hall–Kier alpha value is -4.24. The molecule has 0 spiro atoms. The lowest BCUT2D eigenvalue weighted by atomic mass is 10.1. The van der Waals surface area contributed by atoms with Gasteiger partial charge in [-0.15, -0.1) is 0 Å². The summed E-state index contributed by atoms with van der Waals surface area (Å²) in [7, 11) is 0. The van der Waals surface area contributed by atoms with Crippen LogP contribution in [0.3, 0.4) is 0 Å². The lowest BCUT2D eigenvalue weighted by Gasteiger charge is -2.11. The molecular weight excluding hydrogens is 617 g/mol. The Balaban J connectivity index is 1.45. The van der Waals surface area contributed by atoms with Crippen LogP contribution in [0.15, 0.2) is 107 Å². The van der Waals surface area contributed by atoms with Gasteiger partial charge >= 0.3 is 5.97 Å². The molecule has 0 radical (unpaired) electrons. The summed E-state index contributed by atoms with van der Waals surface area (Å²) in [6.45, 7) is 0. The van der Waals surface area contributed by atoms with Crippen LogP contribution in [0.25, 0.3) is 6.08 Å². The van der Waals surface area contributed by atoms with Crippen LogP contribution in [-0.4, -0.2) is 24.0 Å². The highest BCUT2D eigenvalue weighted by molar-refractivity contribution is 9.10. The molecule has 0 aliphatic rings. The molecule has 0 heterocycles. The maximum Gasteiger partial charge on any atom is 0.336 e. The van der Waals surface area contributed by atoms with Crippen molar-refractivity contribution in [1.29, 1.82) is 0 Å². The second-order valence-corrected chi connectivity index (χ2v) is 9.93. The molecule has 0 unspecified atom stereocenters. The second-order valence-electron chi connectivity index (χ2n) is 8.17. The van der Waals surface area contributed by atoms with Crippen LogP contribution in [0.1, 0.15) is 31.8 Å². The highest BCUT2D eigenvalue weighted by atomic mass is 79.9. The first-order valence-electron chi connectivity index (χ1n) is 11.7. The highest BCUT2D eigenvalue weighted by Gasteiger charge is 2.16. The number of ether oxygens (including phenoxy) is 1. The maximum atomic E-state index is 12.9. The Morgan fingerprint density at radius 1 is 0.825 bits per heavy atom. The van der Waals surface area contributed by atoms with Crippen LogP contribution in [-0.2, 0) is 4.79 Å². The van der Waals surface area contributed by atoms with E-state index in [-0.39, 0.29) is 27.6 Å². The number of anilines is 1. The zero-order valence-electron chi connectivity index (χ0n) is 20.6. The Labute approximate surface area is 248 Å². The molecule has 40 heavy (non-hydrogen) atoms. The molecule has 0 saturated carbocycles. The van der Waals surface area contributed by atoms with Gasteiger partial charge in [-0.2, -0.15) is 5.10 Å².